The van der Waals surface area contributed by atoms with Crippen molar-refractivity contribution in [3.8, 4) is 0 Å². The molecule has 1 amide bonds. The van der Waals surface area contributed by atoms with E-state index in [-0.39, 0.29) is 30.7 Å². The number of hydrogen-bond donors (Lipinski definition) is 0. The summed E-state index contributed by atoms with van der Waals surface area (Å²) in [5.41, 5.74) is 2.17. The summed E-state index contributed by atoms with van der Waals surface area (Å²) in [6, 6.07) is 7.98. The molecule has 1 fully saturated rings. The molecule has 2 atom stereocenters. The molecular formula is C20H19N2O3S2-. The van der Waals surface area contributed by atoms with E-state index >= 15 is 0 Å². The Hall–Kier alpha value is -2.25. The van der Waals surface area contributed by atoms with Crippen molar-refractivity contribution in [3.63, 3.8) is 0 Å². The van der Waals surface area contributed by atoms with Crippen molar-refractivity contribution in [2.75, 3.05) is 0 Å². The van der Waals surface area contributed by atoms with Gasteiger partial charge in [-0.25, -0.2) is 5.01 Å². The van der Waals surface area contributed by atoms with Gasteiger partial charge >= 0.3 is 0 Å². The van der Waals surface area contributed by atoms with Gasteiger partial charge in [0.05, 0.1) is 11.8 Å². The molecule has 5 nitrogen and oxygen atoms in total. The molecule has 0 unspecified atom stereocenters. The first-order valence-electron chi connectivity index (χ1n) is 9.02. The van der Waals surface area contributed by atoms with Gasteiger partial charge < -0.3 is 9.90 Å². The highest BCUT2D eigenvalue weighted by Crippen LogP contribution is 2.45. The van der Waals surface area contributed by atoms with Crippen LogP contribution in [0.4, 0.5) is 0 Å². The minimum absolute atomic E-state index is 0.0856. The minimum Gasteiger partial charge on any atom is -0.550 e. The van der Waals surface area contributed by atoms with Crippen molar-refractivity contribution in [3.05, 3.63) is 50.4 Å². The highest BCUT2D eigenvalue weighted by Gasteiger charge is 2.43. The van der Waals surface area contributed by atoms with Crippen LogP contribution >= 0.6 is 22.7 Å². The molecule has 4 rings (SSSR count). The van der Waals surface area contributed by atoms with Gasteiger partial charge in [0, 0.05) is 28.1 Å². The number of carbonyl (C=O) groups is 2. The van der Waals surface area contributed by atoms with Crippen LogP contribution in [0.1, 0.15) is 47.9 Å². The van der Waals surface area contributed by atoms with Gasteiger partial charge in [-0.1, -0.05) is 12.1 Å². The van der Waals surface area contributed by atoms with Gasteiger partial charge in [0.15, 0.2) is 0 Å². The predicted octanol–water partition coefficient (Wildman–Crippen LogP) is 3.46. The molecule has 2 aromatic heterocycles. The third-order valence-corrected chi connectivity index (χ3v) is 6.76. The van der Waals surface area contributed by atoms with Gasteiger partial charge in [-0.2, -0.15) is 5.10 Å². The van der Waals surface area contributed by atoms with E-state index in [4.69, 9.17) is 5.10 Å². The standard InChI is InChI=1S/C20H20N2O3S2/c23-17(8-9-18(24)25)22-20(16-7-3-11-27-16)15-6-1-4-13(19(15)21-22)12-14-5-2-10-26-14/h2-3,5,7,10-12,15,20H,1,4,6,8-9H2,(H,24,25)/p-1/b13-12+/t15-,20-/m1/s1. The molecule has 140 valence electrons. The average Bonchev–Trinajstić information content (AvgIpc) is 3.39. The molecule has 0 N–H and O–H groups in total. The summed E-state index contributed by atoms with van der Waals surface area (Å²) in [5.74, 6) is -1.30. The van der Waals surface area contributed by atoms with E-state index in [0.717, 1.165) is 29.9 Å². The number of carboxylic acids is 1. The van der Waals surface area contributed by atoms with Crippen molar-refractivity contribution < 1.29 is 14.7 Å². The first kappa shape index (κ1) is 18.1. The van der Waals surface area contributed by atoms with Gasteiger partial charge in [-0.15, -0.1) is 22.7 Å². The van der Waals surface area contributed by atoms with Crippen LogP contribution in [0.3, 0.4) is 0 Å². The maximum absolute atomic E-state index is 12.7. The van der Waals surface area contributed by atoms with Crippen LogP contribution in [-0.4, -0.2) is 22.6 Å². The predicted molar refractivity (Wildman–Crippen MR) is 105 cm³/mol. The zero-order valence-electron chi connectivity index (χ0n) is 14.7. The van der Waals surface area contributed by atoms with Gasteiger partial charge in [-0.05, 0) is 60.2 Å². The van der Waals surface area contributed by atoms with E-state index < -0.39 is 5.97 Å². The Morgan fingerprint density at radius 2 is 2.04 bits per heavy atom. The van der Waals surface area contributed by atoms with Crippen LogP contribution in [0.25, 0.3) is 6.08 Å². The number of hydrogen-bond acceptors (Lipinski definition) is 6. The third kappa shape index (κ3) is 3.75. The van der Waals surface area contributed by atoms with Crippen LogP contribution in [0, 0.1) is 5.92 Å². The Kier molecular flexibility index (Phi) is 5.22. The molecule has 0 saturated heterocycles. The first-order valence-corrected chi connectivity index (χ1v) is 10.8. The first-order chi connectivity index (χ1) is 13.1. The van der Waals surface area contributed by atoms with Crippen LogP contribution in [-0.2, 0) is 9.59 Å². The molecule has 0 aromatic carbocycles. The number of carboxylic acid groups (broad SMARTS) is 1. The van der Waals surface area contributed by atoms with Crippen molar-refractivity contribution in [2.45, 2.75) is 38.1 Å². The summed E-state index contributed by atoms with van der Waals surface area (Å²) in [7, 11) is 0. The zero-order chi connectivity index (χ0) is 18.8. The van der Waals surface area contributed by atoms with Gasteiger partial charge in [-0.3, -0.25) is 4.79 Å². The minimum atomic E-state index is -1.21. The number of amides is 1. The van der Waals surface area contributed by atoms with E-state index in [9.17, 15) is 14.7 Å². The van der Waals surface area contributed by atoms with Crippen LogP contribution in [0.5, 0.6) is 0 Å². The SMILES string of the molecule is O=C([O-])CCC(=O)N1N=C2/C(=C/c3cccs3)CCC[C@H]2[C@@H]1c1cccs1. The second-order valence-corrected chi connectivity index (χ2v) is 8.70. The fraction of sp³-hybridized carbons (Fsp3) is 0.350. The van der Waals surface area contributed by atoms with Crippen molar-refractivity contribution in [2.24, 2.45) is 11.0 Å². The van der Waals surface area contributed by atoms with E-state index in [1.807, 2.05) is 29.0 Å². The number of rotatable bonds is 5. The molecule has 0 bridgehead atoms. The molecule has 7 heteroatoms. The van der Waals surface area contributed by atoms with Gasteiger partial charge in [0.1, 0.15) is 0 Å². The van der Waals surface area contributed by atoms with Gasteiger partial charge in [0.2, 0.25) is 5.91 Å². The number of aliphatic carboxylic acids is 1. The number of hydrazone groups is 1. The van der Waals surface area contributed by atoms with E-state index in [2.05, 4.69) is 12.1 Å². The van der Waals surface area contributed by atoms with Crippen LogP contribution in [0.2, 0.25) is 0 Å². The van der Waals surface area contributed by atoms with E-state index in [0.29, 0.717) is 0 Å². The zero-order valence-corrected chi connectivity index (χ0v) is 16.3. The lowest BCUT2D eigenvalue weighted by Crippen LogP contribution is -2.32. The molecule has 2 aliphatic rings. The molecule has 3 heterocycles. The van der Waals surface area contributed by atoms with Crippen LogP contribution in [0.15, 0.2) is 45.7 Å². The molecule has 27 heavy (non-hydrogen) atoms. The largest absolute Gasteiger partial charge is 0.550 e. The van der Waals surface area contributed by atoms with Crippen molar-refractivity contribution in [1.29, 1.82) is 0 Å². The molecule has 0 radical (unpaired) electrons. The lowest BCUT2D eigenvalue weighted by Gasteiger charge is -2.28. The Morgan fingerprint density at radius 3 is 2.74 bits per heavy atom. The lowest BCUT2D eigenvalue weighted by atomic mass is 9.79. The van der Waals surface area contributed by atoms with Gasteiger partial charge in [0.25, 0.3) is 0 Å². The molecule has 1 aliphatic carbocycles. The molecule has 1 aliphatic heterocycles. The smallest absolute Gasteiger partial charge is 0.243 e. The molecule has 1 saturated carbocycles. The molecule has 2 aromatic rings. The quantitative estimate of drug-likeness (QED) is 0.773. The summed E-state index contributed by atoms with van der Waals surface area (Å²) in [5, 5.41) is 21.1. The van der Waals surface area contributed by atoms with Crippen molar-refractivity contribution >= 4 is 46.3 Å². The fourth-order valence-corrected chi connectivity index (χ4v) is 5.37. The topological polar surface area (TPSA) is 72.8 Å². The summed E-state index contributed by atoms with van der Waals surface area (Å²) >= 11 is 3.30. The van der Waals surface area contributed by atoms with E-state index in [1.165, 1.54) is 15.5 Å². The Labute approximate surface area is 165 Å². The highest BCUT2D eigenvalue weighted by molar-refractivity contribution is 7.11. The second kappa shape index (κ2) is 7.78. The Morgan fingerprint density at radius 1 is 1.22 bits per heavy atom. The monoisotopic (exact) mass is 399 g/mol. The Bertz CT molecular complexity index is 884. The van der Waals surface area contributed by atoms with E-state index in [1.54, 1.807) is 22.7 Å². The number of allylic oxidation sites excluding steroid dienone is 1. The normalized spacial score (nSPS) is 23.3. The summed E-state index contributed by atoms with van der Waals surface area (Å²) in [6.07, 6.45) is 4.80. The highest BCUT2D eigenvalue weighted by atomic mass is 32.1. The number of fused-ring (bicyclic) bond motifs is 1. The summed E-state index contributed by atoms with van der Waals surface area (Å²) < 4.78 is 0. The van der Waals surface area contributed by atoms with Crippen molar-refractivity contribution in [1.82, 2.24) is 5.01 Å². The Balaban J connectivity index is 1.68. The molecular weight excluding hydrogens is 380 g/mol. The fourth-order valence-electron chi connectivity index (χ4n) is 3.81. The lowest BCUT2D eigenvalue weighted by molar-refractivity contribution is -0.305. The third-order valence-electron chi connectivity index (χ3n) is 4.99. The van der Waals surface area contributed by atoms with Crippen LogP contribution < -0.4 is 5.11 Å². The summed E-state index contributed by atoms with van der Waals surface area (Å²) in [6.45, 7) is 0. The maximum Gasteiger partial charge on any atom is 0.243 e. The average molecular weight is 400 g/mol. The number of thiophene rings is 2. The maximum atomic E-state index is 12.7. The number of nitrogens with zero attached hydrogens (tertiary/aromatic N) is 2. The summed E-state index contributed by atoms with van der Waals surface area (Å²) in [4.78, 5) is 25.8. The molecule has 0 spiro atoms. The number of carbonyl (C=O) groups excluding carboxylic acids is 2. The second-order valence-electron chi connectivity index (χ2n) is 6.74.